The summed E-state index contributed by atoms with van der Waals surface area (Å²) < 4.78 is 53.3. The maximum atomic E-state index is 14.2. The van der Waals surface area contributed by atoms with E-state index in [1.807, 2.05) is 55.5 Å². The SMILES string of the molecule is CCOP(=O)(O)C(CCc1ccc(OC)cc1)C(Cc1ccc(F)c(F)c1)c1sc2ccccc2c1C. The standard InChI is InChI=1S/C29H31F2O4PS/c1-4-35-36(32,33)27(16-12-20-9-13-22(34-3)14-10-20)24(17-21-11-15-25(30)26(31)18-21)29-19(2)23-7-5-6-8-28(23)37-29/h5-11,13-15,18,24,27H,4,12,16-17H2,1-3H3,(H,32,33). The zero-order chi connectivity index (χ0) is 26.6. The van der Waals surface area contributed by atoms with E-state index in [0.717, 1.165) is 37.9 Å². The maximum Gasteiger partial charge on any atom is 0.331 e. The van der Waals surface area contributed by atoms with Crippen molar-refractivity contribution in [3.63, 3.8) is 0 Å². The summed E-state index contributed by atoms with van der Waals surface area (Å²) in [6.07, 6.45) is 1.20. The van der Waals surface area contributed by atoms with Crippen molar-refractivity contribution in [1.82, 2.24) is 0 Å². The largest absolute Gasteiger partial charge is 0.497 e. The highest BCUT2D eigenvalue weighted by atomic mass is 32.1. The molecule has 3 aromatic carbocycles. The van der Waals surface area contributed by atoms with Crippen molar-refractivity contribution in [2.75, 3.05) is 13.7 Å². The van der Waals surface area contributed by atoms with E-state index in [9.17, 15) is 18.2 Å². The van der Waals surface area contributed by atoms with Crippen LogP contribution in [0.15, 0.2) is 66.7 Å². The van der Waals surface area contributed by atoms with Crippen LogP contribution in [-0.4, -0.2) is 24.3 Å². The highest BCUT2D eigenvalue weighted by molar-refractivity contribution is 7.53. The van der Waals surface area contributed by atoms with Crippen molar-refractivity contribution in [1.29, 1.82) is 0 Å². The first-order valence-corrected chi connectivity index (χ1v) is 14.7. The molecular weight excluding hydrogens is 513 g/mol. The van der Waals surface area contributed by atoms with Gasteiger partial charge in [0.2, 0.25) is 0 Å². The zero-order valence-electron chi connectivity index (χ0n) is 21.1. The maximum absolute atomic E-state index is 14.2. The number of ether oxygens (including phenoxy) is 1. The second kappa shape index (κ2) is 11.9. The topological polar surface area (TPSA) is 55.8 Å². The molecule has 3 unspecified atom stereocenters. The van der Waals surface area contributed by atoms with E-state index in [0.29, 0.717) is 18.4 Å². The van der Waals surface area contributed by atoms with Crippen LogP contribution in [0.3, 0.4) is 0 Å². The minimum Gasteiger partial charge on any atom is -0.497 e. The van der Waals surface area contributed by atoms with E-state index in [4.69, 9.17) is 9.26 Å². The highest BCUT2D eigenvalue weighted by Gasteiger charge is 2.40. The van der Waals surface area contributed by atoms with E-state index in [1.54, 1.807) is 25.4 Å². The van der Waals surface area contributed by atoms with Crippen molar-refractivity contribution in [2.24, 2.45) is 0 Å². The van der Waals surface area contributed by atoms with Crippen LogP contribution >= 0.6 is 18.9 Å². The van der Waals surface area contributed by atoms with Crippen LogP contribution in [0.2, 0.25) is 0 Å². The zero-order valence-corrected chi connectivity index (χ0v) is 22.8. The average Bonchev–Trinajstić information content (AvgIpc) is 3.22. The Morgan fingerprint density at radius 2 is 1.70 bits per heavy atom. The lowest BCUT2D eigenvalue weighted by atomic mass is 9.89. The molecule has 1 heterocycles. The van der Waals surface area contributed by atoms with E-state index in [2.05, 4.69) is 0 Å². The van der Waals surface area contributed by atoms with Crippen LogP contribution in [-0.2, 0) is 21.9 Å². The molecule has 0 bridgehead atoms. The molecule has 0 spiro atoms. The Kier molecular flexibility index (Phi) is 8.81. The lowest BCUT2D eigenvalue weighted by molar-refractivity contribution is 0.257. The van der Waals surface area contributed by atoms with Gasteiger partial charge in [-0.2, -0.15) is 0 Å². The lowest BCUT2D eigenvalue weighted by Gasteiger charge is -2.30. The summed E-state index contributed by atoms with van der Waals surface area (Å²) in [6, 6.07) is 19.4. The summed E-state index contributed by atoms with van der Waals surface area (Å²) >= 11 is 1.58. The minimum absolute atomic E-state index is 0.0934. The monoisotopic (exact) mass is 544 g/mol. The van der Waals surface area contributed by atoms with Gasteiger partial charge in [0, 0.05) is 15.5 Å². The van der Waals surface area contributed by atoms with E-state index < -0.39 is 30.8 Å². The molecule has 0 saturated carbocycles. The van der Waals surface area contributed by atoms with Crippen molar-refractivity contribution < 1.29 is 27.5 Å². The fourth-order valence-electron chi connectivity index (χ4n) is 4.85. The second-order valence-corrected chi connectivity index (χ2v) is 12.2. The molecule has 1 aromatic heterocycles. The summed E-state index contributed by atoms with van der Waals surface area (Å²) in [5.74, 6) is -1.56. The van der Waals surface area contributed by atoms with Crippen LogP contribution in [0.4, 0.5) is 8.78 Å². The highest BCUT2D eigenvalue weighted by Crippen LogP contribution is 2.57. The molecule has 0 fully saturated rings. The predicted octanol–water partition coefficient (Wildman–Crippen LogP) is 8.05. The number of benzene rings is 3. The molecule has 8 heteroatoms. The first-order chi connectivity index (χ1) is 17.7. The number of hydrogen-bond acceptors (Lipinski definition) is 4. The lowest BCUT2D eigenvalue weighted by Crippen LogP contribution is -2.23. The number of methoxy groups -OCH3 is 1. The Balaban J connectivity index is 1.78. The summed E-state index contributed by atoms with van der Waals surface area (Å²) in [4.78, 5) is 12.2. The Labute approximate surface area is 220 Å². The van der Waals surface area contributed by atoms with E-state index in [-0.39, 0.29) is 13.0 Å². The Morgan fingerprint density at radius 1 is 1.00 bits per heavy atom. The van der Waals surface area contributed by atoms with Gasteiger partial charge in [0.15, 0.2) is 11.6 Å². The molecule has 4 aromatic rings. The molecule has 0 saturated heterocycles. The van der Waals surface area contributed by atoms with Crippen molar-refractivity contribution in [3.05, 3.63) is 99.9 Å². The van der Waals surface area contributed by atoms with Gasteiger partial charge in [-0.25, -0.2) is 8.78 Å². The third-order valence-electron chi connectivity index (χ3n) is 6.74. The fourth-order valence-corrected chi connectivity index (χ4v) is 8.05. The molecule has 0 aliphatic heterocycles. The number of thiophene rings is 1. The van der Waals surface area contributed by atoms with Crippen molar-refractivity contribution >= 4 is 29.0 Å². The van der Waals surface area contributed by atoms with Gasteiger partial charge in [0.05, 0.1) is 19.4 Å². The average molecular weight is 545 g/mol. The number of fused-ring (bicyclic) bond motifs is 1. The van der Waals surface area contributed by atoms with Crippen molar-refractivity contribution in [3.8, 4) is 5.75 Å². The van der Waals surface area contributed by atoms with E-state index in [1.165, 1.54) is 12.1 Å². The smallest absolute Gasteiger partial charge is 0.331 e. The van der Waals surface area contributed by atoms with Crippen LogP contribution in [0.25, 0.3) is 10.1 Å². The van der Waals surface area contributed by atoms with Gasteiger partial charge in [-0.3, -0.25) is 4.57 Å². The molecule has 0 aliphatic carbocycles. The second-order valence-electron chi connectivity index (χ2n) is 9.08. The molecule has 4 nitrogen and oxygen atoms in total. The third kappa shape index (κ3) is 6.29. The van der Waals surface area contributed by atoms with Crippen LogP contribution < -0.4 is 4.74 Å². The van der Waals surface area contributed by atoms with Crippen LogP contribution in [0.1, 0.15) is 40.8 Å². The summed E-state index contributed by atoms with van der Waals surface area (Å²) in [6.45, 7) is 3.80. The normalized spacial score (nSPS) is 14.9. The molecule has 1 N–H and O–H groups in total. The number of aryl methyl sites for hydroxylation is 2. The number of rotatable bonds is 11. The van der Waals surface area contributed by atoms with Gasteiger partial charge in [-0.05, 0) is 85.5 Å². The van der Waals surface area contributed by atoms with Gasteiger partial charge in [-0.15, -0.1) is 11.3 Å². The predicted molar refractivity (Wildman–Crippen MR) is 146 cm³/mol. The van der Waals surface area contributed by atoms with Crippen molar-refractivity contribution in [2.45, 2.75) is 44.7 Å². The van der Waals surface area contributed by atoms with Crippen LogP contribution in [0.5, 0.6) is 5.75 Å². The first-order valence-electron chi connectivity index (χ1n) is 12.3. The van der Waals surface area contributed by atoms with Gasteiger partial charge in [0.25, 0.3) is 0 Å². The molecule has 37 heavy (non-hydrogen) atoms. The van der Waals surface area contributed by atoms with Gasteiger partial charge in [-0.1, -0.05) is 36.4 Å². The first kappa shape index (κ1) is 27.5. The Hall–Kier alpha value is -2.57. The van der Waals surface area contributed by atoms with Crippen LogP contribution in [0, 0.1) is 18.6 Å². The number of halogens is 2. The quantitative estimate of drug-likeness (QED) is 0.194. The number of hydrogen-bond donors (Lipinski definition) is 1. The summed E-state index contributed by atoms with van der Waals surface area (Å²) in [5, 5.41) is 1.08. The molecule has 4 rings (SSSR count). The third-order valence-corrected chi connectivity index (χ3v) is 10.2. The van der Waals surface area contributed by atoms with Gasteiger partial charge < -0.3 is 14.2 Å². The minimum atomic E-state index is -4.08. The molecule has 0 amide bonds. The fraction of sp³-hybridized carbons (Fsp3) is 0.310. The molecule has 196 valence electrons. The molecule has 0 aliphatic rings. The molecule has 3 atom stereocenters. The Morgan fingerprint density at radius 3 is 2.35 bits per heavy atom. The Bertz CT molecular complexity index is 1400. The molecule has 0 radical (unpaired) electrons. The summed E-state index contributed by atoms with van der Waals surface area (Å²) in [5.41, 5.74) is 1.84. The van der Waals surface area contributed by atoms with Gasteiger partial charge >= 0.3 is 7.60 Å². The van der Waals surface area contributed by atoms with Gasteiger partial charge in [0.1, 0.15) is 5.75 Å². The van der Waals surface area contributed by atoms with E-state index >= 15 is 0 Å². The summed E-state index contributed by atoms with van der Waals surface area (Å²) in [7, 11) is -2.48. The molecular formula is C29H31F2O4PS.